The Kier molecular flexibility index (Phi) is 6.23. The summed E-state index contributed by atoms with van der Waals surface area (Å²) in [5.74, 6) is 0.534. The molecule has 2 N–H and O–H groups in total. The second-order valence-corrected chi connectivity index (χ2v) is 5.71. The summed E-state index contributed by atoms with van der Waals surface area (Å²) < 4.78 is 12.9. The van der Waals surface area contributed by atoms with Crippen LogP contribution in [-0.4, -0.2) is 29.0 Å². The Bertz CT molecular complexity index is 702. The molecule has 1 aliphatic heterocycles. The van der Waals surface area contributed by atoms with Crippen molar-refractivity contribution in [1.29, 1.82) is 0 Å². The molecule has 0 atom stereocenters. The molecule has 1 aliphatic rings. The Morgan fingerprint density at radius 1 is 1.25 bits per heavy atom. The lowest BCUT2D eigenvalue weighted by Gasteiger charge is -2.21. The molecule has 5 nitrogen and oxygen atoms in total. The topological polar surface area (TPSA) is 66.9 Å². The van der Waals surface area contributed by atoms with Gasteiger partial charge in [0.05, 0.1) is 11.3 Å². The minimum Gasteiger partial charge on any atom is -0.322 e. The van der Waals surface area contributed by atoms with E-state index in [1.165, 1.54) is 24.3 Å². The maximum atomic E-state index is 12.9. The second-order valence-electron chi connectivity index (χ2n) is 5.71. The predicted molar refractivity (Wildman–Crippen MR) is 93.2 cm³/mol. The quantitative estimate of drug-likeness (QED) is 0.892. The van der Waals surface area contributed by atoms with Crippen LogP contribution in [0, 0.1) is 12.7 Å². The average Bonchev–Trinajstić information content (AvgIpc) is 2.57. The number of piperidine rings is 1. The second kappa shape index (κ2) is 8.17. The van der Waals surface area contributed by atoms with Gasteiger partial charge < -0.3 is 10.6 Å². The normalized spacial score (nSPS) is 14.8. The molecule has 7 heteroatoms. The number of rotatable bonds is 3. The molecule has 2 heterocycles. The third-order valence-electron chi connectivity index (χ3n) is 4.05. The van der Waals surface area contributed by atoms with Crippen LogP contribution in [0.15, 0.2) is 30.5 Å². The molecule has 1 amide bonds. The van der Waals surface area contributed by atoms with Crippen LogP contribution in [0.3, 0.4) is 0 Å². The molecule has 3 rings (SSSR count). The predicted octanol–water partition coefficient (Wildman–Crippen LogP) is 3.07. The van der Waals surface area contributed by atoms with Crippen molar-refractivity contribution in [1.82, 2.24) is 15.3 Å². The van der Waals surface area contributed by atoms with E-state index in [1.807, 2.05) is 6.92 Å². The average molecular weight is 351 g/mol. The summed E-state index contributed by atoms with van der Waals surface area (Å²) in [6, 6.07) is 5.65. The SMILES string of the molecule is Cc1nc(C2CCNCC2)ncc1C(=O)Nc1ccc(F)cc1.Cl. The van der Waals surface area contributed by atoms with Crippen molar-refractivity contribution in [2.24, 2.45) is 0 Å². The number of hydrogen-bond donors (Lipinski definition) is 2. The molecule has 24 heavy (non-hydrogen) atoms. The number of amides is 1. The van der Waals surface area contributed by atoms with Gasteiger partial charge in [-0.3, -0.25) is 4.79 Å². The molecular weight excluding hydrogens is 331 g/mol. The number of hydrogen-bond acceptors (Lipinski definition) is 4. The van der Waals surface area contributed by atoms with Gasteiger partial charge in [-0.2, -0.15) is 0 Å². The smallest absolute Gasteiger partial charge is 0.259 e. The van der Waals surface area contributed by atoms with Crippen LogP contribution in [0.1, 0.15) is 40.6 Å². The summed E-state index contributed by atoms with van der Waals surface area (Å²) in [6.07, 6.45) is 3.61. The van der Waals surface area contributed by atoms with Crippen molar-refractivity contribution in [2.45, 2.75) is 25.7 Å². The van der Waals surface area contributed by atoms with Crippen molar-refractivity contribution in [3.05, 3.63) is 53.4 Å². The van der Waals surface area contributed by atoms with Crippen molar-refractivity contribution in [3.8, 4) is 0 Å². The summed E-state index contributed by atoms with van der Waals surface area (Å²) in [5.41, 5.74) is 1.64. The Labute approximate surface area is 146 Å². The molecule has 0 aliphatic carbocycles. The van der Waals surface area contributed by atoms with Crippen molar-refractivity contribution in [2.75, 3.05) is 18.4 Å². The van der Waals surface area contributed by atoms with Crippen LogP contribution in [0.25, 0.3) is 0 Å². The highest BCUT2D eigenvalue weighted by atomic mass is 35.5. The number of nitrogens with one attached hydrogen (secondary N) is 2. The number of benzene rings is 1. The van der Waals surface area contributed by atoms with Gasteiger partial charge in [-0.1, -0.05) is 0 Å². The van der Waals surface area contributed by atoms with E-state index in [4.69, 9.17) is 0 Å². The lowest BCUT2D eigenvalue weighted by atomic mass is 9.97. The number of halogens is 2. The molecule has 0 bridgehead atoms. The lowest BCUT2D eigenvalue weighted by molar-refractivity contribution is 0.102. The Hall–Kier alpha value is -2.05. The zero-order chi connectivity index (χ0) is 16.2. The first-order chi connectivity index (χ1) is 11.1. The van der Waals surface area contributed by atoms with Gasteiger partial charge >= 0.3 is 0 Å². The van der Waals surface area contributed by atoms with E-state index in [1.54, 1.807) is 6.20 Å². The van der Waals surface area contributed by atoms with Crippen molar-refractivity contribution in [3.63, 3.8) is 0 Å². The van der Waals surface area contributed by atoms with Gasteiger partial charge in [0, 0.05) is 17.8 Å². The van der Waals surface area contributed by atoms with Crippen LogP contribution < -0.4 is 10.6 Å². The first kappa shape index (κ1) is 18.3. The van der Waals surface area contributed by atoms with E-state index in [2.05, 4.69) is 20.6 Å². The third kappa shape index (κ3) is 4.27. The Morgan fingerprint density at radius 3 is 2.54 bits per heavy atom. The molecule has 1 fully saturated rings. The molecule has 0 spiro atoms. The minimum atomic E-state index is -0.339. The molecular formula is C17H20ClFN4O. The monoisotopic (exact) mass is 350 g/mol. The molecule has 0 radical (unpaired) electrons. The van der Waals surface area contributed by atoms with Crippen LogP contribution in [0.4, 0.5) is 10.1 Å². The van der Waals surface area contributed by atoms with E-state index in [0.717, 1.165) is 31.8 Å². The maximum absolute atomic E-state index is 12.9. The number of carbonyl (C=O) groups is 1. The van der Waals surface area contributed by atoms with Gasteiger partial charge in [0.15, 0.2) is 0 Å². The summed E-state index contributed by atoms with van der Waals surface area (Å²) >= 11 is 0. The number of anilines is 1. The highest BCUT2D eigenvalue weighted by Crippen LogP contribution is 2.22. The minimum absolute atomic E-state index is 0. The third-order valence-corrected chi connectivity index (χ3v) is 4.05. The molecule has 128 valence electrons. The summed E-state index contributed by atoms with van der Waals surface area (Å²) in [6.45, 7) is 3.76. The Balaban J connectivity index is 0.00000208. The van der Waals surface area contributed by atoms with Gasteiger partial charge in [0.2, 0.25) is 0 Å². The van der Waals surface area contributed by atoms with Gasteiger partial charge in [-0.15, -0.1) is 12.4 Å². The standard InChI is InChI=1S/C17H19FN4O.ClH/c1-11-15(17(23)22-14-4-2-13(18)3-5-14)10-20-16(21-11)12-6-8-19-9-7-12;/h2-5,10,12,19H,6-9H2,1H3,(H,22,23);1H. The number of aromatic nitrogens is 2. The van der Waals surface area contributed by atoms with E-state index in [-0.39, 0.29) is 24.1 Å². The number of nitrogens with zero attached hydrogens (tertiary/aromatic N) is 2. The first-order valence-electron chi connectivity index (χ1n) is 7.74. The summed E-state index contributed by atoms with van der Waals surface area (Å²) in [5, 5.41) is 6.04. The lowest BCUT2D eigenvalue weighted by Crippen LogP contribution is -2.28. The maximum Gasteiger partial charge on any atom is 0.259 e. The van der Waals surface area contributed by atoms with Gasteiger partial charge in [0.25, 0.3) is 5.91 Å². The number of carbonyl (C=O) groups excluding carboxylic acids is 1. The molecule has 2 aromatic rings. The van der Waals surface area contributed by atoms with Crippen LogP contribution in [-0.2, 0) is 0 Å². The van der Waals surface area contributed by atoms with Crippen molar-refractivity contribution < 1.29 is 9.18 Å². The van der Waals surface area contributed by atoms with Gasteiger partial charge in [0.1, 0.15) is 11.6 Å². The van der Waals surface area contributed by atoms with E-state index in [9.17, 15) is 9.18 Å². The fourth-order valence-electron chi connectivity index (χ4n) is 2.72. The van der Waals surface area contributed by atoms with Gasteiger partial charge in [-0.05, 0) is 57.1 Å². The molecule has 0 unspecified atom stereocenters. The van der Waals surface area contributed by atoms with Crippen molar-refractivity contribution >= 4 is 24.0 Å². The van der Waals surface area contributed by atoms with E-state index < -0.39 is 0 Å². The van der Waals surface area contributed by atoms with Crippen LogP contribution in [0.2, 0.25) is 0 Å². The molecule has 0 saturated carbocycles. The highest BCUT2D eigenvalue weighted by molar-refractivity contribution is 6.04. The number of aryl methyl sites for hydroxylation is 1. The summed E-state index contributed by atoms with van der Waals surface area (Å²) in [4.78, 5) is 21.2. The zero-order valence-corrected chi connectivity index (χ0v) is 14.2. The first-order valence-corrected chi connectivity index (χ1v) is 7.74. The zero-order valence-electron chi connectivity index (χ0n) is 13.4. The van der Waals surface area contributed by atoms with Gasteiger partial charge in [-0.25, -0.2) is 14.4 Å². The fraction of sp³-hybridized carbons (Fsp3) is 0.353. The van der Waals surface area contributed by atoms with Crippen LogP contribution in [0.5, 0.6) is 0 Å². The van der Waals surface area contributed by atoms with E-state index >= 15 is 0 Å². The molecule has 1 saturated heterocycles. The summed E-state index contributed by atoms with van der Waals surface area (Å²) in [7, 11) is 0. The van der Waals surface area contributed by atoms with Crippen LogP contribution >= 0.6 is 12.4 Å². The largest absolute Gasteiger partial charge is 0.322 e. The Morgan fingerprint density at radius 2 is 1.92 bits per heavy atom. The highest BCUT2D eigenvalue weighted by Gasteiger charge is 2.20. The fourth-order valence-corrected chi connectivity index (χ4v) is 2.72. The van der Waals surface area contributed by atoms with E-state index in [0.29, 0.717) is 22.9 Å². The molecule has 1 aromatic heterocycles. The molecule has 1 aromatic carbocycles.